The quantitative estimate of drug-likeness (QED) is 0.728. The van der Waals surface area contributed by atoms with Gasteiger partial charge in [0.1, 0.15) is 17.1 Å². The van der Waals surface area contributed by atoms with Crippen LogP contribution in [-0.2, 0) is 17.8 Å². The highest BCUT2D eigenvalue weighted by Crippen LogP contribution is 1.99. The van der Waals surface area contributed by atoms with Gasteiger partial charge in [-0.15, -0.1) is 0 Å². The van der Waals surface area contributed by atoms with E-state index in [9.17, 15) is 0 Å². The molecule has 0 saturated carbocycles. The summed E-state index contributed by atoms with van der Waals surface area (Å²) in [6.07, 6.45) is 0.933. The van der Waals surface area contributed by atoms with Gasteiger partial charge in [0.05, 0.1) is 0 Å². The van der Waals surface area contributed by atoms with E-state index in [1.54, 1.807) is 7.11 Å². The molecule has 0 aromatic carbocycles. The molecule has 0 aliphatic rings. The molecule has 1 rings (SSSR count). The molecule has 0 atom stereocenters. The highest BCUT2D eigenvalue weighted by Gasteiger charge is 1.95. The summed E-state index contributed by atoms with van der Waals surface area (Å²) in [5, 5.41) is 0. The molecule has 1 N–H and O–H groups in total. The van der Waals surface area contributed by atoms with Crippen molar-refractivity contribution in [2.45, 2.75) is 20.0 Å². The van der Waals surface area contributed by atoms with Crippen molar-refractivity contribution in [1.82, 2.24) is 9.97 Å². The molecule has 0 saturated heterocycles. The van der Waals surface area contributed by atoms with E-state index in [0.29, 0.717) is 11.2 Å². The third-order valence-electron chi connectivity index (χ3n) is 1.51. The van der Waals surface area contributed by atoms with E-state index >= 15 is 0 Å². The van der Waals surface area contributed by atoms with Gasteiger partial charge in [-0.25, -0.2) is 4.98 Å². The zero-order valence-electron chi connectivity index (χ0n) is 7.26. The Balaban J connectivity index is 2.98. The second-order valence-corrected chi connectivity index (χ2v) is 2.90. The number of aromatic nitrogens is 2. The number of rotatable bonds is 3. The number of H-pyrrole nitrogens is 1. The predicted molar refractivity (Wildman–Crippen MR) is 49.5 cm³/mol. The van der Waals surface area contributed by atoms with E-state index in [0.717, 1.165) is 17.9 Å². The molecular weight excluding hydrogens is 172 g/mol. The van der Waals surface area contributed by atoms with Gasteiger partial charge in [-0.2, -0.15) is 0 Å². The third-order valence-corrected chi connectivity index (χ3v) is 1.72. The summed E-state index contributed by atoms with van der Waals surface area (Å²) in [6.45, 7) is 2.55. The highest BCUT2D eigenvalue weighted by atomic mass is 32.1. The van der Waals surface area contributed by atoms with Crippen LogP contribution in [0.25, 0.3) is 0 Å². The maximum atomic E-state index is 4.98. The van der Waals surface area contributed by atoms with Crippen LogP contribution in [0.4, 0.5) is 0 Å². The van der Waals surface area contributed by atoms with Crippen LogP contribution in [0.5, 0.6) is 0 Å². The minimum atomic E-state index is 0.484. The van der Waals surface area contributed by atoms with Gasteiger partial charge < -0.3 is 9.72 Å². The standard InChI is InChI=1S/C8H12N2OS/c1-3-6-4-8(12)10-7(9-6)5-11-2/h4H,3,5H2,1-2H3,(H,9,10,12). The minimum absolute atomic E-state index is 0.484. The van der Waals surface area contributed by atoms with Crippen LogP contribution < -0.4 is 0 Å². The summed E-state index contributed by atoms with van der Waals surface area (Å²) in [6, 6.07) is 1.87. The van der Waals surface area contributed by atoms with E-state index < -0.39 is 0 Å². The van der Waals surface area contributed by atoms with Gasteiger partial charge in [0.25, 0.3) is 0 Å². The number of hydrogen-bond donors (Lipinski definition) is 1. The van der Waals surface area contributed by atoms with Gasteiger partial charge in [-0.1, -0.05) is 19.1 Å². The van der Waals surface area contributed by atoms with E-state index in [1.165, 1.54) is 0 Å². The molecule has 4 heteroatoms. The lowest BCUT2D eigenvalue weighted by Gasteiger charge is -2.02. The summed E-state index contributed by atoms with van der Waals surface area (Å²) < 4.78 is 5.57. The van der Waals surface area contributed by atoms with Crippen molar-refractivity contribution in [1.29, 1.82) is 0 Å². The van der Waals surface area contributed by atoms with Crippen molar-refractivity contribution in [3.63, 3.8) is 0 Å². The molecule has 0 spiro atoms. The summed E-state index contributed by atoms with van der Waals surface area (Å²) in [5.74, 6) is 0.793. The van der Waals surface area contributed by atoms with Gasteiger partial charge in [0, 0.05) is 12.8 Å². The third kappa shape index (κ3) is 2.39. The Morgan fingerprint density at radius 3 is 3.00 bits per heavy atom. The van der Waals surface area contributed by atoms with Crippen LogP contribution in [0.15, 0.2) is 6.07 Å². The van der Waals surface area contributed by atoms with Crippen molar-refractivity contribution in [3.8, 4) is 0 Å². The number of nitrogens with one attached hydrogen (secondary N) is 1. The molecule has 0 aliphatic heterocycles. The van der Waals surface area contributed by atoms with Crippen molar-refractivity contribution in [2.75, 3.05) is 7.11 Å². The predicted octanol–water partition coefficient (Wildman–Crippen LogP) is 1.85. The Morgan fingerprint density at radius 2 is 2.42 bits per heavy atom. The molecule has 0 bridgehead atoms. The fraction of sp³-hybridized carbons (Fsp3) is 0.500. The zero-order valence-corrected chi connectivity index (χ0v) is 8.07. The van der Waals surface area contributed by atoms with Crippen LogP contribution in [0.2, 0.25) is 0 Å². The maximum absolute atomic E-state index is 4.98. The van der Waals surface area contributed by atoms with Crippen LogP contribution in [0.1, 0.15) is 18.4 Å². The number of hydrogen-bond acceptors (Lipinski definition) is 3. The van der Waals surface area contributed by atoms with E-state index in [-0.39, 0.29) is 0 Å². The first kappa shape index (κ1) is 9.35. The SMILES string of the molecule is CCc1cc(=S)nc(COC)[nH]1. The summed E-state index contributed by atoms with van der Waals surface area (Å²) in [5.41, 5.74) is 1.10. The second-order valence-electron chi connectivity index (χ2n) is 2.48. The Kier molecular flexibility index (Phi) is 3.37. The normalized spacial score (nSPS) is 10.2. The summed E-state index contributed by atoms with van der Waals surface area (Å²) >= 11 is 4.98. The molecule has 12 heavy (non-hydrogen) atoms. The van der Waals surface area contributed by atoms with Crippen molar-refractivity contribution < 1.29 is 4.74 Å². The monoisotopic (exact) mass is 184 g/mol. The van der Waals surface area contributed by atoms with E-state index in [1.807, 2.05) is 6.07 Å². The molecular formula is C8H12N2OS. The zero-order chi connectivity index (χ0) is 8.97. The van der Waals surface area contributed by atoms with Gasteiger partial charge in [-0.3, -0.25) is 0 Å². The number of nitrogens with zero attached hydrogens (tertiary/aromatic N) is 1. The lowest BCUT2D eigenvalue weighted by Crippen LogP contribution is -2.00. The fourth-order valence-electron chi connectivity index (χ4n) is 0.959. The Bertz CT molecular complexity index is 308. The smallest absolute Gasteiger partial charge is 0.133 e. The number of aryl methyl sites for hydroxylation is 1. The molecule has 66 valence electrons. The van der Waals surface area contributed by atoms with Crippen LogP contribution in [-0.4, -0.2) is 17.1 Å². The molecule has 3 nitrogen and oxygen atoms in total. The average molecular weight is 184 g/mol. The van der Waals surface area contributed by atoms with Crippen LogP contribution in [0.3, 0.4) is 0 Å². The summed E-state index contributed by atoms with van der Waals surface area (Å²) in [4.78, 5) is 7.24. The average Bonchev–Trinajstić information content (AvgIpc) is 2.04. The van der Waals surface area contributed by atoms with Crippen LogP contribution in [0, 0.1) is 4.64 Å². The van der Waals surface area contributed by atoms with E-state index in [2.05, 4.69) is 16.9 Å². The minimum Gasteiger partial charge on any atom is -0.377 e. The molecule has 1 heterocycles. The van der Waals surface area contributed by atoms with Gasteiger partial charge in [0.2, 0.25) is 0 Å². The van der Waals surface area contributed by atoms with Crippen molar-refractivity contribution >= 4 is 12.2 Å². The van der Waals surface area contributed by atoms with Crippen molar-refractivity contribution in [3.05, 3.63) is 22.2 Å². The molecule has 0 amide bonds. The van der Waals surface area contributed by atoms with Gasteiger partial charge >= 0.3 is 0 Å². The topological polar surface area (TPSA) is 37.9 Å². The Hall–Kier alpha value is -0.740. The van der Waals surface area contributed by atoms with Crippen LogP contribution >= 0.6 is 12.2 Å². The maximum Gasteiger partial charge on any atom is 0.133 e. The van der Waals surface area contributed by atoms with Crippen molar-refractivity contribution in [2.24, 2.45) is 0 Å². The van der Waals surface area contributed by atoms with Gasteiger partial charge in [-0.05, 0) is 12.5 Å². The largest absolute Gasteiger partial charge is 0.377 e. The first-order chi connectivity index (χ1) is 5.76. The molecule has 0 aliphatic carbocycles. The first-order valence-electron chi connectivity index (χ1n) is 3.84. The molecule has 0 unspecified atom stereocenters. The van der Waals surface area contributed by atoms with Gasteiger partial charge in [0.15, 0.2) is 0 Å². The number of aromatic amines is 1. The molecule has 0 fully saturated rings. The summed E-state index contributed by atoms with van der Waals surface area (Å²) in [7, 11) is 1.64. The highest BCUT2D eigenvalue weighted by molar-refractivity contribution is 7.71. The molecule has 0 radical (unpaired) electrons. The molecule has 1 aromatic heterocycles. The fourth-order valence-corrected chi connectivity index (χ4v) is 1.21. The second kappa shape index (κ2) is 4.33. The Labute approximate surface area is 76.8 Å². The first-order valence-corrected chi connectivity index (χ1v) is 4.25. The molecule has 1 aromatic rings. The lowest BCUT2D eigenvalue weighted by molar-refractivity contribution is 0.177. The van der Waals surface area contributed by atoms with E-state index in [4.69, 9.17) is 17.0 Å². The number of ether oxygens (including phenoxy) is 1. The Morgan fingerprint density at radius 1 is 1.67 bits per heavy atom. The lowest BCUT2D eigenvalue weighted by atomic mass is 10.3. The number of methoxy groups -OCH3 is 1.